The first-order chi connectivity index (χ1) is 20.8. The van der Waals surface area contributed by atoms with Crippen molar-refractivity contribution in [1.82, 2.24) is 4.57 Å². The van der Waals surface area contributed by atoms with E-state index in [2.05, 4.69) is 0 Å². The third-order valence-electron chi connectivity index (χ3n) is 6.89. The maximum Gasteiger partial charge on any atom is 0.338 e. The summed E-state index contributed by atoms with van der Waals surface area (Å²) < 4.78 is 24.3. The number of carbonyl (C=O) groups is 1. The zero-order valence-electron chi connectivity index (χ0n) is 24.0. The van der Waals surface area contributed by atoms with Crippen LogP contribution in [-0.4, -0.2) is 36.3 Å². The molecule has 222 valence electrons. The van der Waals surface area contributed by atoms with Gasteiger partial charge in [-0.2, -0.15) is 0 Å². The molecule has 12 heteroatoms. The van der Waals surface area contributed by atoms with Crippen molar-refractivity contribution in [3.8, 4) is 22.8 Å². The van der Waals surface area contributed by atoms with Crippen LogP contribution < -0.4 is 24.4 Å². The van der Waals surface area contributed by atoms with Crippen LogP contribution in [0.15, 0.2) is 80.1 Å². The summed E-state index contributed by atoms with van der Waals surface area (Å²) in [5.74, 6) is 1.06. The number of nitro benzene ring substituents is 1. The molecule has 4 aromatic rings. The number of allylic oxidation sites excluding steroid dienone is 1. The number of ether oxygens (including phenoxy) is 3. The lowest BCUT2D eigenvalue weighted by atomic mass is 9.93. The van der Waals surface area contributed by atoms with E-state index in [1.54, 1.807) is 37.3 Å². The van der Waals surface area contributed by atoms with Gasteiger partial charge < -0.3 is 18.6 Å². The Morgan fingerprint density at radius 3 is 2.58 bits per heavy atom. The summed E-state index contributed by atoms with van der Waals surface area (Å²) in [6.07, 6.45) is 2.86. The number of nitrogens with zero attached hydrogens (tertiary/aromatic N) is 3. The van der Waals surface area contributed by atoms with Crippen LogP contribution in [0.5, 0.6) is 11.5 Å². The molecule has 3 heterocycles. The van der Waals surface area contributed by atoms with Crippen LogP contribution in [0.2, 0.25) is 0 Å². The predicted octanol–water partition coefficient (Wildman–Crippen LogP) is 4.76. The third kappa shape index (κ3) is 5.61. The van der Waals surface area contributed by atoms with Gasteiger partial charge in [-0.05, 0) is 37.6 Å². The molecule has 0 bridgehead atoms. The minimum absolute atomic E-state index is 0.109. The lowest BCUT2D eigenvalue weighted by molar-refractivity contribution is -0.384. The third-order valence-corrected chi connectivity index (χ3v) is 7.87. The molecule has 1 atom stereocenters. The van der Waals surface area contributed by atoms with Gasteiger partial charge >= 0.3 is 5.97 Å². The van der Waals surface area contributed by atoms with Gasteiger partial charge in [0.05, 0.1) is 53.2 Å². The summed E-state index contributed by atoms with van der Waals surface area (Å²) in [4.78, 5) is 43.3. The molecule has 5 rings (SSSR count). The summed E-state index contributed by atoms with van der Waals surface area (Å²) in [5.41, 5.74) is 1.56. The summed E-state index contributed by atoms with van der Waals surface area (Å²) in [7, 11) is 2.96. The molecule has 0 aliphatic carbocycles. The number of benzene rings is 2. The topological polar surface area (TPSA) is 135 Å². The predicted molar refractivity (Wildman–Crippen MR) is 160 cm³/mol. The van der Waals surface area contributed by atoms with Gasteiger partial charge in [0, 0.05) is 17.7 Å². The average molecular weight is 604 g/mol. The van der Waals surface area contributed by atoms with Crippen LogP contribution in [0, 0.1) is 10.1 Å². The van der Waals surface area contributed by atoms with Crippen LogP contribution in [-0.2, 0) is 9.53 Å². The van der Waals surface area contributed by atoms with Crippen molar-refractivity contribution in [2.24, 2.45) is 4.99 Å². The number of thiazole rings is 1. The Hall–Kier alpha value is -4.97. The number of furan rings is 1. The largest absolute Gasteiger partial charge is 0.496 e. The highest BCUT2D eigenvalue weighted by Gasteiger charge is 2.35. The van der Waals surface area contributed by atoms with Gasteiger partial charge in [0.2, 0.25) is 0 Å². The van der Waals surface area contributed by atoms with Gasteiger partial charge in [0.1, 0.15) is 29.1 Å². The molecule has 0 fully saturated rings. The molecule has 1 unspecified atom stereocenters. The number of para-hydroxylation sites is 1. The highest BCUT2D eigenvalue weighted by atomic mass is 32.1. The molecule has 2 aromatic carbocycles. The summed E-state index contributed by atoms with van der Waals surface area (Å²) in [5, 5.41) is 11.2. The Balaban J connectivity index is 1.67. The van der Waals surface area contributed by atoms with Crippen molar-refractivity contribution in [2.75, 3.05) is 20.8 Å². The normalized spacial score (nSPS) is 14.7. The first-order valence-corrected chi connectivity index (χ1v) is 14.4. The number of hydrogen-bond acceptors (Lipinski definition) is 10. The lowest BCUT2D eigenvalue weighted by Gasteiger charge is -2.26. The number of hydrogen-bond donors (Lipinski definition) is 0. The number of non-ortho nitro benzene ring substituents is 1. The minimum atomic E-state index is -0.813. The lowest BCUT2D eigenvalue weighted by Crippen LogP contribution is -2.40. The van der Waals surface area contributed by atoms with Gasteiger partial charge in [0.25, 0.3) is 11.2 Å². The van der Waals surface area contributed by atoms with E-state index in [1.165, 1.54) is 42.3 Å². The van der Waals surface area contributed by atoms with Gasteiger partial charge in [-0.15, -0.1) is 0 Å². The SMILES string of the molecule is CCCC1=C(C(=O)OCC)C(c2ccccc2OC)n2c(s/c(=C\c3ccc(-c4ccc([N+](=O)[O-])cc4OC)o3)c2=O)=N1. The molecule has 0 saturated heterocycles. The number of aromatic nitrogens is 1. The van der Waals surface area contributed by atoms with Crippen molar-refractivity contribution in [3.05, 3.63) is 107 Å². The summed E-state index contributed by atoms with van der Waals surface area (Å²) >= 11 is 1.18. The molecule has 0 spiro atoms. The summed E-state index contributed by atoms with van der Waals surface area (Å²) in [6, 6.07) is 14.1. The minimum Gasteiger partial charge on any atom is -0.496 e. The van der Waals surface area contributed by atoms with Gasteiger partial charge in [-0.1, -0.05) is 42.9 Å². The second-order valence-electron chi connectivity index (χ2n) is 9.50. The fourth-order valence-corrected chi connectivity index (χ4v) is 6.01. The Labute approximate surface area is 250 Å². The van der Waals surface area contributed by atoms with E-state index in [1.807, 2.05) is 25.1 Å². The standard InChI is InChI=1S/C31H29N3O8S/c1-5-9-22-27(30(36)41-6-2)28(21-10-7-8-11-23(21)39-3)33-29(35)26(43-31(33)32-22)17-19-13-15-24(42-19)20-14-12-18(34(37)38)16-25(20)40-4/h7-8,10-17,28H,5-6,9H2,1-4H3/b26-17-. The number of carbonyl (C=O) groups excluding carboxylic acids is 1. The fraction of sp³-hybridized carbons (Fsp3) is 0.258. The van der Waals surface area contributed by atoms with E-state index >= 15 is 0 Å². The van der Waals surface area contributed by atoms with Crippen LogP contribution >= 0.6 is 11.3 Å². The van der Waals surface area contributed by atoms with E-state index in [0.29, 0.717) is 55.4 Å². The number of rotatable bonds is 10. The average Bonchev–Trinajstić information content (AvgIpc) is 3.60. The summed E-state index contributed by atoms with van der Waals surface area (Å²) in [6.45, 7) is 3.90. The van der Waals surface area contributed by atoms with Gasteiger partial charge in [0.15, 0.2) is 4.80 Å². The van der Waals surface area contributed by atoms with Crippen LogP contribution in [0.3, 0.4) is 0 Å². The molecule has 1 aliphatic rings. The van der Waals surface area contributed by atoms with Crippen LogP contribution in [0.1, 0.15) is 44.1 Å². The molecule has 1 aliphatic heterocycles. The highest BCUT2D eigenvalue weighted by molar-refractivity contribution is 7.07. The smallest absolute Gasteiger partial charge is 0.338 e. The number of fused-ring (bicyclic) bond motifs is 1. The van der Waals surface area contributed by atoms with Crippen molar-refractivity contribution in [2.45, 2.75) is 32.7 Å². The molecule has 11 nitrogen and oxygen atoms in total. The van der Waals surface area contributed by atoms with E-state index in [4.69, 9.17) is 23.6 Å². The second kappa shape index (κ2) is 12.5. The molecule has 0 amide bonds. The monoisotopic (exact) mass is 603 g/mol. The van der Waals surface area contributed by atoms with E-state index in [-0.39, 0.29) is 23.6 Å². The number of esters is 1. The second-order valence-corrected chi connectivity index (χ2v) is 10.5. The first-order valence-electron chi connectivity index (χ1n) is 13.6. The van der Waals surface area contributed by atoms with E-state index in [0.717, 1.165) is 6.42 Å². The Morgan fingerprint density at radius 1 is 1.12 bits per heavy atom. The maximum absolute atomic E-state index is 14.0. The Bertz CT molecular complexity index is 1920. The molecule has 43 heavy (non-hydrogen) atoms. The zero-order chi connectivity index (χ0) is 30.7. The molecule has 0 saturated carbocycles. The fourth-order valence-electron chi connectivity index (χ4n) is 5.01. The zero-order valence-corrected chi connectivity index (χ0v) is 24.8. The Kier molecular flexibility index (Phi) is 8.58. The number of methoxy groups -OCH3 is 2. The molecular formula is C31H29N3O8S. The quantitative estimate of drug-likeness (QED) is 0.144. The van der Waals surface area contributed by atoms with Gasteiger partial charge in [-0.3, -0.25) is 19.5 Å². The molecule has 2 aromatic heterocycles. The first kappa shape index (κ1) is 29.5. The van der Waals surface area contributed by atoms with E-state index < -0.39 is 16.9 Å². The van der Waals surface area contributed by atoms with Crippen molar-refractivity contribution in [3.63, 3.8) is 0 Å². The molecule has 0 N–H and O–H groups in total. The van der Waals surface area contributed by atoms with Crippen molar-refractivity contribution >= 4 is 29.1 Å². The molecular weight excluding hydrogens is 574 g/mol. The number of nitro groups is 1. The highest BCUT2D eigenvalue weighted by Crippen LogP contribution is 2.37. The van der Waals surface area contributed by atoms with E-state index in [9.17, 15) is 19.7 Å². The van der Waals surface area contributed by atoms with Crippen molar-refractivity contribution in [1.29, 1.82) is 0 Å². The molecule has 0 radical (unpaired) electrons. The Morgan fingerprint density at radius 2 is 1.88 bits per heavy atom. The van der Waals surface area contributed by atoms with Crippen LogP contribution in [0.4, 0.5) is 5.69 Å². The van der Waals surface area contributed by atoms with Crippen LogP contribution in [0.25, 0.3) is 17.4 Å². The maximum atomic E-state index is 14.0. The van der Waals surface area contributed by atoms with Crippen molar-refractivity contribution < 1.29 is 28.3 Å². The van der Waals surface area contributed by atoms with Gasteiger partial charge in [-0.25, -0.2) is 9.79 Å².